The fourth-order valence-corrected chi connectivity index (χ4v) is 2.15. The van der Waals surface area contributed by atoms with E-state index in [4.69, 9.17) is 14.3 Å². The van der Waals surface area contributed by atoms with Gasteiger partial charge in [-0.25, -0.2) is 4.79 Å². The molecule has 0 spiro atoms. The molecular weight excluding hydrogens is 292 g/mol. The summed E-state index contributed by atoms with van der Waals surface area (Å²) in [4.78, 5) is 11.0. The van der Waals surface area contributed by atoms with Crippen LogP contribution in [0, 0.1) is 0 Å². The van der Waals surface area contributed by atoms with E-state index in [1.807, 2.05) is 13.8 Å². The van der Waals surface area contributed by atoms with Crippen molar-refractivity contribution < 1.29 is 19.1 Å². The minimum atomic E-state index is -1.00. The first-order valence-electron chi connectivity index (χ1n) is 6.49. The molecule has 2 aromatic rings. The van der Waals surface area contributed by atoms with Crippen LogP contribution in [0.2, 0.25) is 0 Å². The van der Waals surface area contributed by atoms with Crippen LogP contribution < -0.4 is 4.74 Å². The molecule has 6 nitrogen and oxygen atoms in total. The Morgan fingerprint density at radius 3 is 2.81 bits per heavy atom. The maximum absolute atomic E-state index is 11.0. The van der Waals surface area contributed by atoms with Gasteiger partial charge in [-0.1, -0.05) is 37.7 Å². The number of thioether (sulfide) groups is 1. The molecule has 0 aliphatic heterocycles. The Hall–Kier alpha value is -2.02. The van der Waals surface area contributed by atoms with Crippen molar-refractivity contribution in [3.63, 3.8) is 0 Å². The molecular formula is C14H16N2O4S. The molecule has 1 aromatic carbocycles. The minimum Gasteiger partial charge on any atom is -0.492 e. The van der Waals surface area contributed by atoms with Gasteiger partial charge in [-0.2, -0.15) is 0 Å². The van der Waals surface area contributed by atoms with Crippen molar-refractivity contribution >= 4 is 17.7 Å². The van der Waals surface area contributed by atoms with Crippen LogP contribution in [0.15, 0.2) is 33.9 Å². The fourth-order valence-electron chi connectivity index (χ4n) is 1.56. The van der Waals surface area contributed by atoms with Gasteiger partial charge in [0.05, 0.1) is 6.61 Å². The summed E-state index contributed by atoms with van der Waals surface area (Å²) >= 11 is 1.38. The van der Waals surface area contributed by atoms with Crippen molar-refractivity contribution in [1.29, 1.82) is 0 Å². The van der Waals surface area contributed by atoms with Crippen molar-refractivity contribution in [1.82, 2.24) is 10.2 Å². The Kier molecular flexibility index (Phi) is 5.21. The van der Waals surface area contributed by atoms with Gasteiger partial charge in [0.15, 0.2) is 0 Å². The number of aromatic carboxylic acids is 1. The summed E-state index contributed by atoms with van der Waals surface area (Å²) in [5, 5.41) is 17.4. The zero-order valence-electron chi connectivity index (χ0n) is 11.8. The van der Waals surface area contributed by atoms with Gasteiger partial charge in [-0.05, 0) is 12.1 Å². The molecule has 1 heterocycles. The highest BCUT2D eigenvalue weighted by Crippen LogP contribution is 2.21. The molecule has 0 fully saturated rings. The number of hydrogen-bond acceptors (Lipinski definition) is 6. The van der Waals surface area contributed by atoms with E-state index in [1.165, 1.54) is 17.8 Å². The molecule has 21 heavy (non-hydrogen) atoms. The number of benzene rings is 1. The molecule has 7 heteroatoms. The zero-order valence-corrected chi connectivity index (χ0v) is 12.6. The fraction of sp³-hybridized carbons (Fsp3) is 0.357. The third-order valence-corrected chi connectivity index (χ3v) is 3.38. The van der Waals surface area contributed by atoms with Gasteiger partial charge in [-0.15, -0.1) is 10.2 Å². The van der Waals surface area contributed by atoms with E-state index in [2.05, 4.69) is 10.2 Å². The van der Waals surface area contributed by atoms with Gasteiger partial charge >= 0.3 is 5.97 Å². The number of carboxylic acids is 1. The average Bonchev–Trinajstić information content (AvgIpc) is 2.93. The molecule has 0 atom stereocenters. The quantitative estimate of drug-likeness (QED) is 0.621. The second-order valence-electron chi connectivity index (χ2n) is 4.56. The summed E-state index contributed by atoms with van der Waals surface area (Å²) in [5.41, 5.74) is 0.155. The highest BCUT2D eigenvalue weighted by Gasteiger charge is 2.11. The highest BCUT2D eigenvalue weighted by atomic mass is 32.2. The van der Waals surface area contributed by atoms with Crippen molar-refractivity contribution in [2.45, 2.75) is 25.0 Å². The van der Waals surface area contributed by atoms with E-state index in [9.17, 15) is 4.79 Å². The molecule has 0 unspecified atom stereocenters. The summed E-state index contributed by atoms with van der Waals surface area (Å²) in [5.74, 6) is 0.754. The summed E-state index contributed by atoms with van der Waals surface area (Å²) < 4.78 is 10.9. The molecule has 1 aromatic heterocycles. The largest absolute Gasteiger partial charge is 0.492 e. The highest BCUT2D eigenvalue weighted by molar-refractivity contribution is 7.99. The summed E-state index contributed by atoms with van der Waals surface area (Å²) in [6, 6.07) is 6.55. The third kappa shape index (κ3) is 4.22. The first-order chi connectivity index (χ1) is 10.1. The number of rotatable bonds is 7. The van der Waals surface area contributed by atoms with Gasteiger partial charge in [0, 0.05) is 11.7 Å². The second-order valence-corrected chi connectivity index (χ2v) is 5.61. The Bertz CT molecular complexity index is 613. The van der Waals surface area contributed by atoms with Crippen LogP contribution in [0.1, 0.15) is 36.0 Å². The molecule has 112 valence electrons. The van der Waals surface area contributed by atoms with Crippen LogP contribution in [-0.2, 0) is 0 Å². The van der Waals surface area contributed by atoms with Crippen LogP contribution in [-0.4, -0.2) is 33.6 Å². The Balaban J connectivity index is 1.83. The monoisotopic (exact) mass is 308 g/mol. The van der Waals surface area contributed by atoms with Gasteiger partial charge in [0.1, 0.15) is 11.3 Å². The zero-order chi connectivity index (χ0) is 15.2. The molecule has 0 saturated heterocycles. The van der Waals surface area contributed by atoms with E-state index in [-0.39, 0.29) is 11.5 Å². The van der Waals surface area contributed by atoms with E-state index >= 15 is 0 Å². The van der Waals surface area contributed by atoms with Crippen molar-refractivity contribution in [3.05, 3.63) is 35.7 Å². The van der Waals surface area contributed by atoms with Crippen LogP contribution in [0.3, 0.4) is 0 Å². The summed E-state index contributed by atoms with van der Waals surface area (Å²) in [6.07, 6.45) is 0. The SMILES string of the molecule is CC(C)c1nnc(SCCOc2ccccc2C(=O)O)o1. The van der Waals surface area contributed by atoms with Crippen molar-refractivity contribution in [2.24, 2.45) is 0 Å². The smallest absolute Gasteiger partial charge is 0.339 e. The van der Waals surface area contributed by atoms with Gasteiger partial charge < -0.3 is 14.3 Å². The van der Waals surface area contributed by atoms with E-state index in [0.717, 1.165) is 0 Å². The predicted molar refractivity (Wildman–Crippen MR) is 78.0 cm³/mol. The first-order valence-corrected chi connectivity index (χ1v) is 7.48. The number of aromatic nitrogens is 2. The normalized spacial score (nSPS) is 10.8. The number of ether oxygens (including phenoxy) is 1. The molecule has 0 amide bonds. The molecule has 0 saturated carbocycles. The molecule has 0 bridgehead atoms. The molecule has 1 N–H and O–H groups in total. The van der Waals surface area contributed by atoms with E-state index < -0.39 is 5.97 Å². The van der Waals surface area contributed by atoms with Crippen LogP contribution in [0.25, 0.3) is 0 Å². The van der Waals surface area contributed by atoms with Crippen molar-refractivity contribution in [3.8, 4) is 5.75 Å². The molecule has 0 aliphatic carbocycles. The lowest BCUT2D eigenvalue weighted by molar-refractivity contribution is 0.0692. The molecule has 0 aliphatic rings. The number of carboxylic acid groups (broad SMARTS) is 1. The maximum atomic E-state index is 11.0. The third-order valence-electron chi connectivity index (χ3n) is 2.60. The minimum absolute atomic E-state index is 0.155. The first kappa shape index (κ1) is 15.4. The lowest BCUT2D eigenvalue weighted by atomic mass is 10.2. The van der Waals surface area contributed by atoms with E-state index in [1.54, 1.807) is 18.2 Å². The Morgan fingerprint density at radius 1 is 1.38 bits per heavy atom. The summed E-state index contributed by atoms with van der Waals surface area (Å²) in [7, 11) is 0. The maximum Gasteiger partial charge on any atom is 0.339 e. The topological polar surface area (TPSA) is 85.5 Å². The molecule has 2 rings (SSSR count). The molecule has 0 radical (unpaired) electrons. The standard InChI is InChI=1S/C14H16N2O4S/c1-9(2)12-15-16-14(20-12)21-8-7-19-11-6-4-3-5-10(11)13(17)18/h3-6,9H,7-8H2,1-2H3,(H,17,18). The summed E-state index contributed by atoms with van der Waals surface area (Å²) in [6.45, 7) is 4.32. The van der Waals surface area contributed by atoms with Crippen LogP contribution in [0.4, 0.5) is 0 Å². The lowest BCUT2D eigenvalue weighted by Crippen LogP contribution is -2.05. The van der Waals surface area contributed by atoms with Gasteiger partial charge in [0.25, 0.3) is 5.22 Å². The van der Waals surface area contributed by atoms with Crippen LogP contribution in [0.5, 0.6) is 5.75 Å². The number of para-hydroxylation sites is 1. The van der Waals surface area contributed by atoms with Crippen molar-refractivity contribution in [2.75, 3.05) is 12.4 Å². The van der Waals surface area contributed by atoms with Gasteiger partial charge in [0.2, 0.25) is 5.89 Å². The average molecular weight is 308 g/mol. The Morgan fingerprint density at radius 2 is 2.14 bits per heavy atom. The van der Waals surface area contributed by atoms with Crippen LogP contribution >= 0.6 is 11.8 Å². The predicted octanol–water partition coefficient (Wildman–Crippen LogP) is 3.06. The Labute approximate surface area is 126 Å². The number of carbonyl (C=O) groups is 1. The number of nitrogens with zero attached hydrogens (tertiary/aromatic N) is 2. The van der Waals surface area contributed by atoms with Gasteiger partial charge in [-0.3, -0.25) is 0 Å². The number of hydrogen-bond donors (Lipinski definition) is 1. The second kappa shape index (κ2) is 7.12. The lowest BCUT2D eigenvalue weighted by Gasteiger charge is -2.07. The van der Waals surface area contributed by atoms with E-state index in [0.29, 0.717) is 29.2 Å².